The Hall–Kier alpha value is -0.490. The van der Waals surface area contributed by atoms with Gasteiger partial charge in [-0.3, -0.25) is 4.79 Å². The molecule has 19 heavy (non-hydrogen) atoms. The van der Waals surface area contributed by atoms with E-state index in [1.165, 1.54) is 5.75 Å². The van der Waals surface area contributed by atoms with Crippen LogP contribution in [0.1, 0.15) is 55.5 Å². The van der Waals surface area contributed by atoms with Gasteiger partial charge in [0.05, 0.1) is 11.2 Å². The molecule has 3 rings (SSSR count). The topological polar surface area (TPSA) is 56.0 Å². The number of carbonyl (C=O) groups excluding carboxylic acids is 1. The molecule has 2 heterocycles. The second-order valence-corrected chi connectivity index (χ2v) is 7.86. The van der Waals surface area contributed by atoms with Crippen molar-refractivity contribution in [2.45, 2.75) is 49.0 Å². The average molecular weight is 298 g/mol. The fraction of sp³-hybridized carbons (Fsp3) is 0.769. The van der Waals surface area contributed by atoms with Gasteiger partial charge in [0.2, 0.25) is 5.89 Å². The second-order valence-electron chi connectivity index (χ2n) is 5.12. The van der Waals surface area contributed by atoms with Crippen LogP contribution in [0.4, 0.5) is 0 Å². The zero-order valence-electron chi connectivity index (χ0n) is 11.0. The smallest absolute Gasteiger partial charge is 0.237 e. The summed E-state index contributed by atoms with van der Waals surface area (Å²) in [6.45, 7) is 2.21. The van der Waals surface area contributed by atoms with Gasteiger partial charge in [-0.15, -0.1) is 11.8 Å². The first kappa shape index (κ1) is 13.5. The summed E-state index contributed by atoms with van der Waals surface area (Å²) < 4.78 is 5.37. The van der Waals surface area contributed by atoms with Crippen molar-refractivity contribution in [1.29, 1.82) is 0 Å². The van der Waals surface area contributed by atoms with Crippen molar-refractivity contribution < 1.29 is 9.32 Å². The van der Waals surface area contributed by atoms with Crippen molar-refractivity contribution in [2.75, 3.05) is 11.5 Å². The number of hydrogen-bond donors (Lipinski definition) is 0. The Morgan fingerprint density at radius 3 is 2.89 bits per heavy atom. The number of nitrogens with zero attached hydrogens (tertiary/aromatic N) is 2. The van der Waals surface area contributed by atoms with Crippen molar-refractivity contribution in [3.8, 4) is 0 Å². The van der Waals surface area contributed by atoms with Crippen LogP contribution in [0, 0.1) is 0 Å². The third-order valence-electron chi connectivity index (χ3n) is 3.75. The Balaban J connectivity index is 1.76. The van der Waals surface area contributed by atoms with Crippen LogP contribution < -0.4 is 0 Å². The van der Waals surface area contributed by atoms with Gasteiger partial charge in [-0.05, 0) is 12.8 Å². The molecule has 3 unspecified atom stereocenters. The molecule has 0 spiro atoms. The van der Waals surface area contributed by atoms with Gasteiger partial charge in [0.15, 0.2) is 5.82 Å². The van der Waals surface area contributed by atoms with Gasteiger partial charge < -0.3 is 4.52 Å². The molecule has 1 aromatic rings. The molecule has 1 aromatic heterocycles. The van der Waals surface area contributed by atoms with Crippen molar-refractivity contribution in [1.82, 2.24) is 10.1 Å². The third-order valence-corrected chi connectivity index (χ3v) is 6.84. The van der Waals surface area contributed by atoms with Crippen LogP contribution in [0.25, 0.3) is 0 Å². The fourth-order valence-electron chi connectivity index (χ4n) is 2.66. The van der Waals surface area contributed by atoms with Crippen molar-refractivity contribution in [3.63, 3.8) is 0 Å². The van der Waals surface area contributed by atoms with E-state index in [1.807, 2.05) is 23.5 Å². The minimum atomic E-state index is -0.147. The molecule has 2 aliphatic rings. The SMILES string of the molecule is CC1SCCSC1c1noc(C2CCCCC2=O)n1. The van der Waals surface area contributed by atoms with Crippen LogP contribution in [0.15, 0.2) is 4.52 Å². The van der Waals surface area contributed by atoms with E-state index in [1.54, 1.807) is 0 Å². The molecular weight excluding hydrogens is 280 g/mol. The lowest BCUT2D eigenvalue weighted by Crippen LogP contribution is -2.19. The molecule has 104 valence electrons. The van der Waals surface area contributed by atoms with E-state index in [2.05, 4.69) is 17.1 Å². The number of ketones is 1. The summed E-state index contributed by atoms with van der Waals surface area (Å²) in [5.41, 5.74) is 0. The maximum atomic E-state index is 11.9. The Bertz CT molecular complexity index is 463. The van der Waals surface area contributed by atoms with Gasteiger partial charge >= 0.3 is 0 Å². The molecule has 6 heteroatoms. The van der Waals surface area contributed by atoms with Crippen LogP contribution in [-0.2, 0) is 4.79 Å². The quantitative estimate of drug-likeness (QED) is 0.835. The van der Waals surface area contributed by atoms with Crippen LogP contribution in [0.5, 0.6) is 0 Å². The lowest BCUT2D eigenvalue weighted by Gasteiger charge is -2.24. The van der Waals surface area contributed by atoms with Gasteiger partial charge in [-0.1, -0.05) is 18.5 Å². The zero-order chi connectivity index (χ0) is 13.2. The van der Waals surface area contributed by atoms with E-state index in [4.69, 9.17) is 4.52 Å². The molecule has 0 radical (unpaired) electrons. The first-order chi connectivity index (χ1) is 9.25. The Morgan fingerprint density at radius 2 is 2.11 bits per heavy atom. The predicted molar refractivity (Wildman–Crippen MR) is 77.6 cm³/mol. The molecule has 3 atom stereocenters. The number of aromatic nitrogens is 2. The molecular formula is C13H18N2O2S2. The van der Waals surface area contributed by atoms with E-state index < -0.39 is 0 Å². The Kier molecular flexibility index (Phi) is 4.17. The second kappa shape index (κ2) is 5.87. The maximum Gasteiger partial charge on any atom is 0.237 e. The number of Topliss-reactive ketones (excluding diaryl/α,β-unsaturated/α-hetero) is 1. The van der Waals surface area contributed by atoms with Gasteiger partial charge in [-0.2, -0.15) is 16.7 Å². The third kappa shape index (κ3) is 2.84. The monoisotopic (exact) mass is 298 g/mol. The summed E-state index contributed by atoms with van der Waals surface area (Å²) in [6, 6.07) is 0. The van der Waals surface area contributed by atoms with Crippen LogP contribution in [0.2, 0.25) is 0 Å². The van der Waals surface area contributed by atoms with E-state index in [0.717, 1.165) is 30.8 Å². The average Bonchev–Trinajstić information content (AvgIpc) is 2.89. The summed E-state index contributed by atoms with van der Waals surface area (Å²) >= 11 is 3.85. The van der Waals surface area contributed by atoms with E-state index >= 15 is 0 Å². The molecule has 0 amide bonds. The number of hydrogen-bond acceptors (Lipinski definition) is 6. The Labute approximate surface area is 121 Å². The summed E-state index contributed by atoms with van der Waals surface area (Å²) in [7, 11) is 0. The number of thioether (sulfide) groups is 2. The van der Waals surface area contributed by atoms with Crippen molar-refractivity contribution >= 4 is 29.3 Å². The molecule has 0 aromatic carbocycles. The molecule has 1 aliphatic carbocycles. The highest BCUT2D eigenvalue weighted by atomic mass is 32.2. The first-order valence-corrected chi connectivity index (χ1v) is 8.95. The normalized spacial score (nSPS) is 32.5. The minimum absolute atomic E-state index is 0.147. The highest BCUT2D eigenvalue weighted by molar-refractivity contribution is 8.06. The molecule has 0 N–H and O–H groups in total. The van der Waals surface area contributed by atoms with Crippen molar-refractivity contribution in [3.05, 3.63) is 11.7 Å². The van der Waals surface area contributed by atoms with Crippen LogP contribution >= 0.6 is 23.5 Å². The summed E-state index contributed by atoms with van der Waals surface area (Å²) in [5.74, 6) is 3.76. The summed E-state index contributed by atoms with van der Waals surface area (Å²) in [4.78, 5) is 16.4. The zero-order valence-corrected chi connectivity index (χ0v) is 12.6. The lowest BCUT2D eigenvalue weighted by atomic mass is 9.88. The van der Waals surface area contributed by atoms with Crippen molar-refractivity contribution in [2.24, 2.45) is 0 Å². The largest absolute Gasteiger partial charge is 0.339 e. The fourth-order valence-corrected chi connectivity index (χ4v) is 5.34. The predicted octanol–water partition coefficient (Wildman–Crippen LogP) is 3.21. The van der Waals surface area contributed by atoms with Gasteiger partial charge in [0.1, 0.15) is 5.78 Å². The van der Waals surface area contributed by atoms with Gasteiger partial charge in [0.25, 0.3) is 0 Å². The van der Waals surface area contributed by atoms with Gasteiger partial charge in [0, 0.05) is 23.2 Å². The van der Waals surface area contributed by atoms with E-state index in [9.17, 15) is 4.79 Å². The molecule has 1 aliphatic heterocycles. The van der Waals surface area contributed by atoms with E-state index in [-0.39, 0.29) is 11.7 Å². The highest BCUT2D eigenvalue weighted by Crippen LogP contribution is 2.41. The standard InChI is InChI=1S/C13H18N2O2S2/c1-8-11(19-7-6-18-8)12-14-13(17-15-12)9-4-2-3-5-10(9)16/h8-9,11H,2-7H2,1H3. The van der Waals surface area contributed by atoms with Gasteiger partial charge in [-0.25, -0.2) is 0 Å². The molecule has 1 saturated carbocycles. The summed E-state index contributed by atoms with van der Waals surface area (Å²) in [5, 5.41) is 4.93. The Morgan fingerprint density at radius 1 is 1.26 bits per heavy atom. The number of rotatable bonds is 2. The molecule has 1 saturated heterocycles. The highest BCUT2D eigenvalue weighted by Gasteiger charge is 2.32. The van der Waals surface area contributed by atoms with Crippen LogP contribution in [0.3, 0.4) is 0 Å². The lowest BCUT2D eigenvalue weighted by molar-refractivity contribution is -0.122. The van der Waals surface area contributed by atoms with E-state index in [0.29, 0.717) is 22.8 Å². The molecule has 0 bridgehead atoms. The minimum Gasteiger partial charge on any atom is -0.339 e. The first-order valence-electron chi connectivity index (χ1n) is 6.85. The molecule has 2 fully saturated rings. The maximum absolute atomic E-state index is 11.9. The van der Waals surface area contributed by atoms with Crippen LogP contribution in [-0.4, -0.2) is 32.7 Å². The molecule has 4 nitrogen and oxygen atoms in total. The number of carbonyl (C=O) groups is 1. The summed E-state index contributed by atoms with van der Waals surface area (Å²) in [6.07, 6.45) is 3.61.